The molecule has 0 atom stereocenters. The Morgan fingerprint density at radius 3 is 2.68 bits per heavy atom. The van der Waals surface area contributed by atoms with Gasteiger partial charge in [0.15, 0.2) is 11.5 Å². The van der Waals surface area contributed by atoms with E-state index in [1.165, 1.54) is 5.56 Å². The van der Waals surface area contributed by atoms with Gasteiger partial charge in [0, 0.05) is 26.2 Å². The highest BCUT2D eigenvalue weighted by molar-refractivity contribution is 5.41. The first-order valence-corrected chi connectivity index (χ1v) is 6.92. The molecule has 1 aromatic rings. The van der Waals surface area contributed by atoms with E-state index in [0.29, 0.717) is 11.9 Å². The lowest BCUT2D eigenvalue weighted by atomic mass is 10.1. The van der Waals surface area contributed by atoms with E-state index < -0.39 is 0 Å². The van der Waals surface area contributed by atoms with E-state index >= 15 is 0 Å². The third-order valence-corrected chi connectivity index (χ3v) is 3.59. The Morgan fingerprint density at radius 1 is 1.32 bits per heavy atom. The summed E-state index contributed by atoms with van der Waals surface area (Å²) in [6, 6.07) is 5.55. The Balaban J connectivity index is 1.88. The van der Waals surface area contributed by atoms with E-state index in [2.05, 4.69) is 11.8 Å². The highest BCUT2D eigenvalue weighted by Gasteiger charge is 2.19. The fourth-order valence-corrected chi connectivity index (χ4v) is 2.55. The standard InChI is InChI=1S/C15H23NO3/c1-3-19-13-6-8-16(9-7-13)11-12-4-5-14(17)15(10-12)18-2/h4-5,10,13,17H,3,6-9,11H2,1-2H3. The highest BCUT2D eigenvalue weighted by atomic mass is 16.5. The number of ether oxygens (including phenoxy) is 2. The van der Waals surface area contributed by atoms with Crippen LogP contribution < -0.4 is 4.74 Å². The van der Waals surface area contributed by atoms with Gasteiger partial charge in [-0.3, -0.25) is 4.90 Å². The number of methoxy groups -OCH3 is 1. The predicted molar refractivity (Wildman–Crippen MR) is 74.6 cm³/mol. The topological polar surface area (TPSA) is 41.9 Å². The van der Waals surface area contributed by atoms with Crippen LogP contribution in [-0.2, 0) is 11.3 Å². The van der Waals surface area contributed by atoms with Crippen molar-refractivity contribution < 1.29 is 14.6 Å². The molecule has 4 heteroatoms. The number of piperidine rings is 1. The summed E-state index contributed by atoms with van der Waals surface area (Å²) < 4.78 is 10.8. The number of likely N-dealkylation sites (tertiary alicyclic amines) is 1. The zero-order valence-electron chi connectivity index (χ0n) is 11.8. The number of rotatable bonds is 5. The van der Waals surface area contributed by atoms with Crippen LogP contribution in [0.5, 0.6) is 11.5 Å². The number of phenols is 1. The molecule has 106 valence electrons. The monoisotopic (exact) mass is 265 g/mol. The maximum absolute atomic E-state index is 9.58. The van der Waals surface area contributed by atoms with Crippen molar-refractivity contribution in [2.24, 2.45) is 0 Å². The summed E-state index contributed by atoms with van der Waals surface area (Å²) in [4.78, 5) is 2.42. The van der Waals surface area contributed by atoms with Crippen LogP contribution in [0, 0.1) is 0 Å². The zero-order chi connectivity index (χ0) is 13.7. The number of phenolic OH excluding ortho intramolecular Hbond substituents is 1. The van der Waals surface area contributed by atoms with Crippen molar-refractivity contribution >= 4 is 0 Å². The first kappa shape index (κ1) is 14.2. The van der Waals surface area contributed by atoms with E-state index in [1.54, 1.807) is 13.2 Å². The van der Waals surface area contributed by atoms with Gasteiger partial charge in [-0.25, -0.2) is 0 Å². The molecule has 19 heavy (non-hydrogen) atoms. The van der Waals surface area contributed by atoms with Crippen LogP contribution in [-0.4, -0.2) is 42.9 Å². The summed E-state index contributed by atoms with van der Waals surface area (Å²) in [7, 11) is 1.58. The summed E-state index contributed by atoms with van der Waals surface area (Å²) >= 11 is 0. The van der Waals surface area contributed by atoms with Gasteiger partial charge < -0.3 is 14.6 Å². The Labute approximate surface area is 114 Å². The molecule has 0 amide bonds. The second-order valence-corrected chi connectivity index (χ2v) is 4.94. The molecule has 0 spiro atoms. The van der Waals surface area contributed by atoms with E-state index in [4.69, 9.17) is 9.47 Å². The van der Waals surface area contributed by atoms with Crippen LogP contribution in [0.2, 0.25) is 0 Å². The highest BCUT2D eigenvalue weighted by Crippen LogP contribution is 2.27. The Morgan fingerprint density at radius 2 is 2.05 bits per heavy atom. The van der Waals surface area contributed by atoms with E-state index in [-0.39, 0.29) is 5.75 Å². The van der Waals surface area contributed by atoms with Gasteiger partial charge in [-0.1, -0.05) is 6.07 Å². The van der Waals surface area contributed by atoms with Crippen LogP contribution in [0.15, 0.2) is 18.2 Å². The third kappa shape index (κ3) is 3.85. The Kier molecular flexibility index (Phi) is 5.05. The minimum atomic E-state index is 0.196. The van der Waals surface area contributed by atoms with Gasteiger partial charge in [-0.2, -0.15) is 0 Å². The van der Waals surface area contributed by atoms with Crippen LogP contribution in [0.1, 0.15) is 25.3 Å². The maximum Gasteiger partial charge on any atom is 0.160 e. The molecule has 0 saturated carbocycles. The van der Waals surface area contributed by atoms with Crippen LogP contribution in [0.4, 0.5) is 0 Å². The molecule has 0 aliphatic carbocycles. The van der Waals surface area contributed by atoms with Gasteiger partial charge in [0.05, 0.1) is 13.2 Å². The lowest BCUT2D eigenvalue weighted by Crippen LogP contribution is -2.36. The molecule has 0 radical (unpaired) electrons. The predicted octanol–water partition coefficient (Wildman–Crippen LogP) is 2.40. The minimum Gasteiger partial charge on any atom is -0.504 e. The molecule has 1 aromatic carbocycles. The molecule has 2 rings (SSSR count). The first-order chi connectivity index (χ1) is 9.22. The number of nitrogens with zero attached hydrogens (tertiary/aromatic N) is 1. The summed E-state index contributed by atoms with van der Waals surface area (Å²) in [5.74, 6) is 0.739. The molecule has 1 aliphatic rings. The molecule has 0 aromatic heterocycles. The van der Waals surface area contributed by atoms with Gasteiger partial charge in [-0.05, 0) is 37.5 Å². The molecule has 1 N–H and O–H groups in total. The van der Waals surface area contributed by atoms with Crippen LogP contribution in [0.25, 0.3) is 0 Å². The largest absolute Gasteiger partial charge is 0.504 e. The maximum atomic E-state index is 9.58. The lowest BCUT2D eigenvalue weighted by molar-refractivity contribution is 0.0125. The van der Waals surface area contributed by atoms with Crippen molar-refractivity contribution in [1.82, 2.24) is 4.90 Å². The zero-order valence-corrected chi connectivity index (χ0v) is 11.8. The average Bonchev–Trinajstić information content (AvgIpc) is 2.43. The molecule has 1 aliphatic heterocycles. The second-order valence-electron chi connectivity index (χ2n) is 4.94. The van der Waals surface area contributed by atoms with E-state index in [1.807, 2.05) is 12.1 Å². The molecule has 0 unspecified atom stereocenters. The third-order valence-electron chi connectivity index (χ3n) is 3.59. The first-order valence-electron chi connectivity index (χ1n) is 6.92. The number of benzene rings is 1. The molecular weight excluding hydrogens is 242 g/mol. The quantitative estimate of drug-likeness (QED) is 0.887. The number of aromatic hydroxyl groups is 1. The van der Waals surface area contributed by atoms with Gasteiger partial charge in [-0.15, -0.1) is 0 Å². The van der Waals surface area contributed by atoms with Crippen LogP contribution >= 0.6 is 0 Å². The average molecular weight is 265 g/mol. The molecule has 0 bridgehead atoms. The van der Waals surface area contributed by atoms with Crippen molar-refractivity contribution in [1.29, 1.82) is 0 Å². The van der Waals surface area contributed by atoms with Gasteiger partial charge >= 0.3 is 0 Å². The van der Waals surface area contributed by atoms with Crippen molar-refractivity contribution in [3.05, 3.63) is 23.8 Å². The van der Waals surface area contributed by atoms with Crippen molar-refractivity contribution in [2.75, 3.05) is 26.8 Å². The van der Waals surface area contributed by atoms with Crippen molar-refractivity contribution in [3.63, 3.8) is 0 Å². The smallest absolute Gasteiger partial charge is 0.160 e. The van der Waals surface area contributed by atoms with Gasteiger partial charge in [0.1, 0.15) is 0 Å². The summed E-state index contributed by atoms with van der Waals surface area (Å²) in [5, 5.41) is 9.58. The number of hydrogen-bond acceptors (Lipinski definition) is 4. The molecule has 1 fully saturated rings. The fourth-order valence-electron chi connectivity index (χ4n) is 2.55. The molecule has 4 nitrogen and oxygen atoms in total. The van der Waals surface area contributed by atoms with Gasteiger partial charge in [0.25, 0.3) is 0 Å². The Bertz CT molecular complexity index is 400. The molecule has 1 saturated heterocycles. The summed E-state index contributed by atoms with van der Waals surface area (Å²) in [6.45, 7) is 5.88. The van der Waals surface area contributed by atoms with Gasteiger partial charge in [0.2, 0.25) is 0 Å². The second kappa shape index (κ2) is 6.78. The van der Waals surface area contributed by atoms with E-state index in [0.717, 1.165) is 39.1 Å². The molecule has 1 heterocycles. The SMILES string of the molecule is CCOC1CCN(Cc2ccc(O)c(OC)c2)CC1. The Hall–Kier alpha value is -1.26. The fraction of sp³-hybridized carbons (Fsp3) is 0.600. The number of hydrogen-bond donors (Lipinski definition) is 1. The van der Waals surface area contributed by atoms with Crippen molar-refractivity contribution in [3.8, 4) is 11.5 Å². The summed E-state index contributed by atoms with van der Waals surface area (Å²) in [5.41, 5.74) is 1.17. The van der Waals surface area contributed by atoms with Crippen LogP contribution in [0.3, 0.4) is 0 Å². The summed E-state index contributed by atoms with van der Waals surface area (Å²) in [6.07, 6.45) is 2.63. The van der Waals surface area contributed by atoms with E-state index in [9.17, 15) is 5.11 Å². The normalized spacial score (nSPS) is 17.6. The minimum absolute atomic E-state index is 0.196. The lowest BCUT2D eigenvalue weighted by Gasteiger charge is -2.31. The van der Waals surface area contributed by atoms with Crippen molar-refractivity contribution in [2.45, 2.75) is 32.4 Å². The molecular formula is C15H23NO3.